The van der Waals surface area contributed by atoms with E-state index in [4.69, 9.17) is 10.00 Å². The molecule has 160 valence electrons. The Bertz CT molecular complexity index is 1040. The third kappa shape index (κ3) is 2.71. The minimum atomic E-state index is -4.75. The van der Waals surface area contributed by atoms with E-state index in [9.17, 15) is 23.4 Å². The number of ether oxygens (including phenoxy) is 1. The Morgan fingerprint density at radius 2 is 1.63 bits per heavy atom. The monoisotopic (exact) mass is 421 g/mol. The lowest BCUT2D eigenvalue weighted by atomic mass is 9.94. The van der Waals surface area contributed by atoms with Gasteiger partial charge in [0.15, 0.2) is 0 Å². The van der Waals surface area contributed by atoms with Crippen molar-refractivity contribution in [3.8, 4) is 23.5 Å². The largest absolute Gasteiger partial charge is 0.494 e. The summed E-state index contributed by atoms with van der Waals surface area (Å²) >= 11 is 0. The van der Waals surface area contributed by atoms with Crippen LogP contribution >= 0.6 is 0 Å². The number of morpholine rings is 1. The van der Waals surface area contributed by atoms with E-state index in [1.165, 1.54) is 12.1 Å². The van der Waals surface area contributed by atoms with Gasteiger partial charge in [0.05, 0.1) is 34.0 Å². The Kier molecular flexibility index (Phi) is 4.22. The molecule has 2 bridgehead atoms. The number of aromatic hydroxyl groups is 2. The first-order valence-electron chi connectivity index (χ1n) is 9.56. The maximum absolute atomic E-state index is 13.4. The standard InChI is InChI=1S/C21H22F3N3O3/c1-11(2)26-9-19(3)15-16(20(4,10-26)30-19)18(29)27(17(15)28)13-6-5-12(8-25)14(7-13)21(22,23)24/h5-7,11,28-29H,9-10H2,1-4H3. The van der Waals surface area contributed by atoms with Gasteiger partial charge >= 0.3 is 6.18 Å². The summed E-state index contributed by atoms with van der Waals surface area (Å²) in [4.78, 5) is 2.18. The van der Waals surface area contributed by atoms with Crippen LogP contribution < -0.4 is 0 Å². The number of nitriles is 1. The van der Waals surface area contributed by atoms with Crippen molar-refractivity contribution in [3.05, 3.63) is 40.5 Å². The highest BCUT2D eigenvalue weighted by Gasteiger charge is 2.59. The zero-order valence-corrected chi connectivity index (χ0v) is 17.0. The van der Waals surface area contributed by atoms with Crippen molar-refractivity contribution < 1.29 is 28.1 Å². The van der Waals surface area contributed by atoms with E-state index in [1.807, 2.05) is 13.8 Å². The van der Waals surface area contributed by atoms with Gasteiger partial charge in [-0.15, -0.1) is 0 Å². The van der Waals surface area contributed by atoms with Crippen LogP contribution in [0.2, 0.25) is 0 Å². The Morgan fingerprint density at radius 3 is 2.07 bits per heavy atom. The van der Waals surface area contributed by atoms with E-state index in [0.29, 0.717) is 24.2 Å². The minimum Gasteiger partial charge on any atom is -0.494 e. The van der Waals surface area contributed by atoms with Crippen molar-refractivity contribution in [1.29, 1.82) is 5.26 Å². The number of hydrogen-bond donors (Lipinski definition) is 2. The van der Waals surface area contributed by atoms with Gasteiger partial charge in [-0.25, -0.2) is 0 Å². The number of halogens is 3. The molecule has 0 amide bonds. The highest BCUT2D eigenvalue weighted by molar-refractivity contribution is 5.61. The molecule has 0 aliphatic carbocycles. The van der Waals surface area contributed by atoms with Crippen molar-refractivity contribution in [2.24, 2.45) is 0 Å². The molecule has 1 aromatic heterocycles. The molecule has 3 heterocycles. The lowest BCUT2D eigenvalue weighted by Crippen LogP contribution is -2.53. The molecule has 1 saturated heterocycles. The lowest BCUT2D eigenvalue weighted by Gasteiger charge is -2.45. The fourth-order valence-corrected chi connectivity index (χ4v) is 4.82. The molecule has 4 rings (SSSR count). The third-order valence-corrected chi connectivity index (χ3v) is 6.06. The predicted molar refractivity (Wildman–Crippen MR) is 101 cm³/mol. The van der Waals surface area contributed by atoms with E-state index >= 15 is 0 Å². The average molecular weight is 421 g/mol. The van der Waals surface area contributed by atoms with Crippen LogP contribution in [0.25, 0.3) is 5.69 Å². The summed E-state index contributed by atoms with van der Waals surface area (Å²) in [5.74, 6) is -0.727. The summed E-state index contributed by atoms with van der Waals surface area (Å²) in [5.41, 5.74) is -2.85. The number of alkyl halides is 3. The van der Waals surface area contributed by atoms with Gasteiger partial charge in [-0.2, -0.15) is 18.4 Å². The molecule has 2 unspecified atom stereocenters. The quantitative estimate of drug-likeness (QED) is 0.767. The van der Waals surface area contributed by atoms with Crippen LogP contribution in [0, 0.1) is 11.3 Å². The van der Waals surface area contributed by atoms with Gasteiger partial charge in [-0.3, -0.25) is 9.47 Å². The SMILES string of the molecule is CC(C)N1CC2(C)OC(C)(C1)c1c2c(O)n(-c2ccc(C#N)c(C(F)(F)F)c2)c1O. The molecular weight excluding hydrogens is 399 g/mol. The van der Waals surface area contributed by atoms with Crippen LogP contribution in [-0.2, 0) is 22.1 Å². The summed E-state index contributed by atoms with van der Waals surface area (Å²) < 4.78 is 47.5. The number of aromatic nitrogens is 1. The second-order valence-electron chi connectivity index (χ2n) is 8.63. The summed E-state index contributed by atoms with van der Waals surface area (Å²) in [6.07, 6.45) is -4.75. The molecule has 30 heavy (non-hydrogen) atoms. The third-order valence-electron chi connectivity index (χ3n) is 6.06. The Balaban J connectivity index is 1.92. The van der Waals surface area contributed by atoms with Crippen LogP contribution in [0.4, 0.5) is 13.2 Å². The number of benzene rings is 1. The van der Waals surface area contributed by atoms with E-state index < -0.39 is 28.5 Å². The molecule has 1 fully saturated rings. The number of rotatable bonds is 2. The van der Waals surface area contributed by atoms with Crippen LogP contribution in [0.3, 0.4) is 0 Å². The number of hydrogen-bond acceptors (Lipinski definition) is 5. The molecule has 0 saturated carbocycles. The lowest BCUT2D eigenvalue weighted by molar-refractivity contribution is -0.191. The molecule has 6 nitrogen and oxygen atoms in total. The van der Waals surface area contributed by atoms with E-state index in [1.54, 1.807) is 13.8 Å². The van der Waals surface area contributed by atoms with Gasteiger partial charge in [0, 0.05) is 19.1 Å². The molecule has 0 radical (unpaired) electrons. The smallest absolute Gasteiger partial charge is 0.417 e. The van der Waals surface area contributed by atoms with Crippen LogP contribution in [0.5, 0.6) is 11.8 Å². The van der Waals surface area contributed by atoms with E-state index in [-0.39, 0.29) is 23.5 Å². The first-order valence-corrected chi connectivity index (χ1v) is 9.56. The summed E-state index contributed by atoms with van der Waals surface area (Å²) in [7, 11) is 0. The minimum absolute atomic E-state index is 0.0864. The van der Waals surface area contributed by atoms with Gasteiger partial charge in [0.1, 0.15) is 11.2 Å². The molecular formula is C21H22F3N3O3. The zero-order valence-electron chi connectivity index (χ0n) is 17.0. The maximum atomic E-state index is 13.4. The number of nitrogens with zero attached hydrogens (tertiary/aromatic N) is 3. The highest BCUT2D eigenvalue weighted by Crippen LogP contribution is 2.59. The summed E-state index contributed by atoms with van der Waals surface area (Å²) in [5, 5.41) is 31.0. The second kappa shape index (κ2) is 6.15. The molecule has 2 aliphatic heterocycles. The highest BCUT2D eigenvalue weighted by atomic mass is 19.4. The molecule has 2 aliphatic rings. The molecule has 9 heteroatoms. The van der Waals surface area contributed by atoms with E-state index in [2.05, 4.69) is 4.90 Å². The Hall–Kier alpha value is -2.70. The van der Waals surface area contributed by atoms with E-state index in [0.717, 1.165) is 16.7 Å². The molecule has 1 aromatic carbocycles. The molecule has 2 atom stereocenters. The summed E-state index contributed by atoms with van der Waals surface area (Å²) in [6.45, 7) is 8.61. The number of fused-ring (bicyclic) bond motifs is 5. The topological polar surface area (TPSA) is 81.7 Å². The van der Waals surface area contributed by atoms with Gasteiger partial charge in [-0.05, 0) is 45.9 Å². The second-order valence-corrected chi connectivity index (χ2v) is 8.63. The normalized spacial score (nSPS) is 26.1. The fourth-order valence-electron chi connectivity index (χ4n) is 4.82. The van der Waals surface area contributed by atoms with Gasteiger partial charge in [0.25, 0.3) is 0 Å². The first-order chi connectivity index (χ1) is 13.8. The van der Waals surface area contributed by atoms with Gasteiger partial charge < -0.3 is 14.9 Å². The van der Waals surface area contributed by atoms with Crippen LogP contribution in [0.15, 0.2) is 18.2 Å². The Labute approximate surface area is 171 Å². The van der Waals surface area contributed by atoms with Gasteiger partial charge in [-0.1, -0.05) is 0 Å². The van der Waals surface area contributed by atoms with Crippen molar-refractivity contribution in [3.63, 3.8) is 0 Å². The van der Waals surface area contributed by atoms with Gasteiger partial charge in [0.2, 0.25) is 11.8 Å². The average Bonchev–Trinajstić information content (AvgIpc) is 3.00. The zero-order chi connectivity index (χ0) is 22.2. The first kappa shape index (κ1) is 20.6. The van der Waals surface area contributed by atoms with Crippen LogP contribution in [-0.4, -0.2) is 38.8 Å². The molecule has 2 N–H and O–H groups in total. The summed E-state index contributed by atoms with van der Waals surface area (Å²) in [6, 6.07) is 4.80. The van der Waals surface area contributed by atoms with Crippen molar-refractivity contribution in [1.82, 2.24) is 9.47 Å². The maximum Gasteiger partial charge on any atom is 0.417 e. The predicted octanol–water partition coefficient (Wildman–Crippen LogP) is 3.96. The molecule has 2 aromatic rings. The van der Waals surface area contributed by atoms with Crippen molar-refractivity contribution in [2.45, 2.75) is 51.1 Å². The van der Waals surface area contributed by atoms with Crippen LogP contribution in [0.1, 0.15) is 49.9 Å². The van der Waals surface area contributed by atoms with Crippen molar-refractivity contribution in [2.75, 3.05) is 13.1 Å². The van der Waals surface area contributed by atoms with Crippen molar-refractivity contribution >= 4 is 0 Å². The fraction of sp³-hybridized carbons (Fsp3) is 0.476. The molecule has 0 spiro atoms. The Morgan fingerprint density at radius 1 is 1.10 bits per heavy atom.